The molecule has 0 spiro atoms. The van der Waals surface area contributed by atoms with E-state index in [1.165, 1.54) is 0 Å². The van der Waals surface area contributed by atoms with E-state index in [-0.39, 0.29) is 43.9 Å². The number of nitrogens with zero attached hydrogens (tertiary/aromatic N) is 1. The van der Waals surface area contributed by atoms with Crippen LogP contribution in [0, 0.1) is 11.8 Å². The van der Waals surface area contributed by atoms with E-state index in [0.717, 1.165) is 4.31 Å². The van der Waals surface area contributed by atoms with Crippen molar-refractivity contribution in [2.75, 3.05) is 0 Å². The first-order valence-corrected chi connectivity index (χ1v) is 7.62. The number of carbonyl (C=O) groups is 2. The molecule has 19 heavy (non-hydrogen) atoms. The van der Waals surface area contributed by atoms with Crippen molar-refractivity contribution >= 4 is 70.2 Å². The summed E-state index contributed by atoms with van der Waals surface area (Å²) >= 11 is 23.7. The number of alkyl halides is 4. The van der Waals surface area contributed by atoms with Gasteiger partial charge in [0.05, 0.1) is 11.8 Å². The third-order valence-electron chi connectivity index (χ3n) is 2.93. The normalized spacial score (nSPS) is 26.7. The topological polar surface area (TPSA) is 37.4 Å². The monoisotopic (exact) mass is 355 g/mol. The molecule has 0 saturated carbocycles. The van der Waals surface area contributed by atoms with Crippen molar-refractivity contribution < 1.29 is 29.9 Å². The van der Waals surface area contributed by atoms with E-state index in [9.17, 15) is 9.59 Å². The Labute approximate surface area is 149 Å². The van der Waals surface area contributed by atoms with E-state index in [4.69, 9.17) is 46.4 Å². The standard InChI is InChI=1S/C10H9Cl4NO2S.Li.H/c11-9(12)10(13,14)18-15-7(16)5-3-1-2-4-6(5)8(15)17;;/h1-2,5-6,9H,3-4H2;;/q;+1;-1. The second-order valence-corrected chi connectivity index (χ2v) is 8.20. The number of amides is 2. The van der Waals surface area contributed by atoms with Gasteiger partial charge in [-0.25, -0.2) is 4.31 Å². The molecule has 102 valence electrons. The van der Waals surface area contributed by atoms with Crippen LogP contribution in [-0.4, -0.2) is 24.6 Å². The number of hydrogen-bond acceptors (Lipinski definition) is 3. The summed E-state index contributed by atoms with van der Waals surface area (Å²) in [5.41, 5.74) is 0. The minimum atomic E-state index is -1.63. The van der Waals surface area contributed by atoms with Gasteiger partial charge in [-0.05, 0) is 12.8 Å². The molecule has 0 aromatic rings. The van der Waals surface area contributed by atoms with Gasteiger partial charge in [-0.3, -0.25) is 9.59 Å². The van der Waals surface area contributed by atoms with Crippen molar-refractivity contribution in [1.29, 1.82) is 0 Å². The molecule has 2 rings (SSSR count). The summed E-state index contributed by atoms with van der Waals surface area (Å²) in [6.07, 6.45) is 4.94. The third kappa shape index (κ3) is 3.60. The first-order valence-electron chi connectivity index (χ1n) is 5.22. The van der Waals surface area contributed by atoms with Crippen LogP contribution in [0.2, 0.25) is 0 Å². The minimum absolute atomic E-state index is 0. The smallest absolute Gasteiger partial charge is 1.00 e. The van der Waals surface area contributed by atoms with Crippen molar-refractivity contribution in [3.8, 4) is 0 Å². The van der Waals surface area contributed by atoms with Crippen molar-refractivity contribution in [3.63, 3.8) is 0 Å². The molecule has 1 saturated heterocycles. The Morgan fingerprint density at radius 3 is 2.00 bits per heavy atom. The largest absolute Gasteiger partial charge is 1.00 e. The van der Waals surface area contributed by atoms with Crippen LogP contribution in [0.25, 0.3) is 0 Å². The number of hydrogen-bond donors (Lipinski definition) is 0. The fourth-order valence-corrected chi connectivity index (χ4v) is 3.45. The van der Waals surface area contributed by atoms with Gasteiger partial charge >= 0.3 is 18.9 Å². The molecule has 1 aliphatic carbocycles. The van der Waals surface area contributed by atoms with Crippen LogP contribution in [0.5, 0.6) is 0 Å². The minimum Gasteiger partial charge on any atom is -1.00 e. The zero-order valence-corrected chi connectivity index (χ0v) is 13.8. The summed E-state index contributed by atoms with van der Waals surface area (Å²) < 4.78 is -0.630. The molecule has 2 unspecified atom stereocenters. The summed E-state index contributed by atoms with van der Waals surface area (Å²) in [4.78, 5) is 23.1. The quantitative estimate of drug-likeness (QED) is 0.245. The summed E-state index contributed by atoms with van der Waals surface area (Å²) in [6.45, 7) is 0. The molecular weight excluding hydrogens is 347 g/mol. The predicted octanol–water partition coefficient (Wildman–Crippen LogP) is 0.637. The molecule has 3 nitrogen and oxygen atoms in total. The van der Waals surface area contributed by atoms with Gasteiger partial charge in [-0.1, -0.05) is 35.4 Å². The van der Waals surface area contributed by atoms with Crippen molar-refractivity contribution in [2.45, 2.75) is 21.3 Å². The van der Waals surface area contributed by atoms with Crippen LogP contribution in [0.4, 0.5) is 0 Å². The molecule has 2 atom stereocenters. The maximum absolute atomic E-state index is 12.1. The van der Waals surface area contributed by atoms with Gasteiger partial charge in [0.25, 0.3) is 0 Å². The Morgan fingerprint density at radius 1 is 1.21 bits per heavy atom. The van der Waals surface area contributed by atoms with E-state index in [1.807, 2.05) is 12.2 Å². The van der Waals surface area contributed by atoms with Crippen LogP contribution >= 0.6 is 58.4 Å². The molecule has 0 bridgehead atoms. The van der Waals surface area contributed by atoms with Gasteiger partial charge < -0.3 is 1.43 Å². The third-order valence-corrected chi connectivity index (χ3v) is 6.17. The second kappa shape index (κ2) is 6.83. The molecule has 1 heterocycles. The zero-order chi connectivity index (χ0) is 13.5. The van der Waals surface area contributed by atoms with Crippen molar-refractivity contribution in [3.05, 3.63) is 12.2 Å². The van der Waals surface area contributed by atoms with Crippen LogP contribution < -0.4 is 18.9 Å². The summed E-state index contributed by atoms with van der Waals surface area (Å²) in [5, 5.41) is 0. The zero-order valence-electron chi connectivity index (χ0n) is 11.0. The van der Waals surface area contributed by atoms with Gasteiger partial charge in [0.15, 0.2) is 4.84 Å². The van der Waals surface area contributed by atoms with Crippen LogP contribution in [0.3, 0.4) is 0 Å². The molecule has 9 heteroatoms. The number of rotatable bonds is 3. The Morgan fingerprint density at radius 2 is 1.63 bits per heavy atom. The van der Waals surface area contributed by atoms with Gasteiger partial charge in [0.2, 0.25) is 15.5 Å². The molecule has 1 aliphatic heterocycles. The number of fused-ring (bicyclic) bond motifs is 1. The van der Waals surface area contributed by atoms with Crippen LogP contribution in [0.1, 0.15) is 14.3 Å². The van der Waals surface area contributed by atoms with Gasteiger partial charge in [-0.15, -0.1) is 23.2 Å². The molecule has 2 amide bonds. The maximum Gasteiger partial charge on any atom is 1.00 e. The summed E-state index contributed by atoms with van der Waals surface area (Å²) in [6, 6.07) is 0. The summed E-state index contributed by atoms with van der Waals surface area (Å²) in [7, 11) is 0. The number of imide groups is 1. The number of halogens is 4. The van der Waals surface area contributed by atoms with E-state index in [0.29, 0.717) is 24.8 Å². The maximum atomic E-state index is 12.1. The molecule has 2 aliphatic rings. The van der Waals surface area contributed by atoms with Gasteiger partial charge in [0, 0.05) is 11.9 Å². The SMILES string of the molecule is O=C1C2CC=CCC2C(=O)N1SC(Cl)(Cl)C(Cl)Cl.[H-].[Li+]. The second-order valence-electron chi connectivity index (χ2n) is 4.08. The van der Waals surface area contributed by atoms with E-state index in [2.05, 4.69) is 0 Å². The molecular formula is C10H10Cl4LiNO2S. The Kier molecular flexibility index (Phi) is 6.49. The molecule has 0 N–H and O–H groups in total. The average Bonchev–Trinajstić information content (AvgIpc) is 2.55. The van der Waals surface area contributed by atoms with Crippen molar-refractivity contribution in [1.82, 2.24) is 4.31 Å². The van der Waals surface area contributed by atoms with Crippen LogP contribution in [0.15, 0.2) is 12.2 Å². The summed E-state index contributed by atoms with van der Waals surface area (Å²) in [5.74, 6) is -1.19. The van der Waals surface area contributed by atoms with Gasteiger partial charge in [0.1, 0.15) is 0 Å². The first-order chi connectivity index (χ1) is 8.34. The number of carbonyl (C=O) groups excluding carboxylic acids is 2. The van der Waals surface area contributed by atoms with Crippen molar-refractivity contribution in [2.24, 2.45) is 11.8 Å². The molecule has 0 aromatic carbocycles. The fourth-order valence-electron chi connectivity index (χ4n) is 2.02. The Balaban J connectivity index is 0.00000180. The Hall–Kier alpha value is 0.987. The fraction of sp³-hybridized carbons (Fsp3) is 0.600. The van der Waals surface area contributed by atoms with E-state index < -0.39 is 8.50 Å². The predicted molar refractivity (Wildman–Crippen MR) is 75.8 cm³/mol. The van der Waals surface area contributed by atoms with Gasteiger partial charge in [-0.2, -0.15) is 0 Å². The molecule has 1 fully saturated rings. The average molecular weight is 357 g/mol. The van der Waals surface area contributed by atoms with Crippen LogP contribution in [-0.2, 0) is 9.59 Å². The molecule has 0 aromatic heterocycles. The Bertz CT molecular complexity index is 398. The first kappa shape index (κ1) is 18.0. The molecule has 0 radical (unpaired) electrons. The van der Waals surface area contributed by atoms with E-state index >= 15 is 0 Å². The number of allylic oxidation sites excluding steroid dienone is 2. The van der Waals surface area contributed by atoms with E-state index in [1.54, 1.807) is 0 Å².